The van der Waals surface area contributed by atoms with Crippen LogP contribution in [0.4, 0.5) is 17.5 Å². The maximum atomic E-state index is 5.87. The van der Waals surface area contributed by atoms with Gasteiger partial charge in [-0.1, -0.05) is 30.3 Å². The van der Waals surface area contributed by atoms with Gasteiger partial charge in [0.1, 0.15) is 5.82 Å². The Balaban J connectivity index is 1.60. The molecule has 29 heavy (non-hydrogen) atoms. The molecule has 0 radical (unpaired) electrons. The van der Waals surface area contributed by atoms with E-state index in [1.165, 1.54) is 25.7 Å². The molecule has 4 rings (SSSR count). The van der Waals surface area contributed by atoms with Gasteiger partial charge in [-0.15, -0.1) is 0 Å². The predicted octanol–water partition coefficient (Wildman–Crippen LogP) is 5.33. The molecule has 0 bridgehead atoms. The van der Waals surface area contributed by atoms with E-state index in [1.54, 1.807) is 0 Å². The molecule has 3 aromatic rings. The van der Waals surface area contributed by atoms with Crippen LogP contribution in [-0.2, 0) is 0 Å². The lowest BCUT2D eigenvalue weighted by Gasteiger charge is -2.39. The van der Waals surface area contributed by atoms with Gasteiger partial charge in [-0.3, -0.25) is 0 Å². The van der Waals surface area contributed by atoms with E-state index in [0.29, 0.717) is 17.8 Å². The highest BCUT2D eigenvalue weighted by atomic mass is 15.2. The summed E-state index contributed by atoms with van der Waals surface area (Å²) in [4.78, 5) is 9.66. The molecule has 0 aliphatic heterocycles. The molecule has 152 valence electrons. The number of nitrogens with zero attached hydrogens (tertiary/aromatic N) is 2. The van der Waals surface area contributed by atoms with E-state index in [1.807, 2.05) is 48.5 Å². The van der Waals surface area contributed by atoms with Crippen LogP contribution in [0.5, 0.6) is 0 Å². The van der Waals surface area contributed by atoms with Crippen molar-refractivity contribution in [3.05, 3.63) is 54.6 Å². The molecule has 0 saturated heterocycles. The van der Waals surface area contributed by atoms with Crippen LogP contribution in [0.3, 0.4) is 0 Å². The second-order valence-corrected chi connectivity index (χ2v) is 8.70. The third-order valence-electron chi connectivity index (χ3n) is 6.27. The fourth-order valence-electron chi connectivity index (χ4n) is 4.40. The van der Waals surface area contributed by atoms with Crippen molar-refractivity contribution in [3.8, 4) is 0 Å². The largest absolute Gasteiger partial charge is 0.349 e. The lowest BCUT2D eigenvalue weighted by Crippen LogP contribution is -2.42. The number of hydrogen-bond acceptors (Lipinski definition) is 5. The maximum absolute atomic E-state index is 5.87. The normalized spacial score (nSPS) is 19.8. The molecule has 2 aromatic carbocycles. The van der Waals surface area contributed by atoms with Crippen molar-refractivity contribution >= 4 is 28.4 Å². The summed E-state index contributed by atoms with van der Waals surface area (Å²) in [6.45, 7) is 5.34. The highest BCUT2D eigenvalue weighted by Gasteiger charge is 2.33. The molecule has 1 aliphatic carbocycles. The van der Waals surface area contributed by atoms with Crippen LogP contribution in [0.1, 0.15) is 39.5 Å². The number of fused-ring (bicyclic) bond motifs is 1. The fourth-order valence-corrected chi connectivity index (χ4v) is 4.40. The highest BCUT2D eigenvalue weighted by molar-refractivity contribution is 5.91. The summed E-state index contributed by atoms with van der Waals surface area (Å²) in [6.07, 6.45) is 4.83. The highest BCUT2D eigenvalue weighted by Crippen LogP contribution is 2.37. The Morgan fingerprint density at radius 2 is 1.62 bits per heavy atom. The molecular formula is C24H31N5. The smallest absolute Gasteiger partial charge is 0.225 e. The van der Waals surface area contributed by atoms with Crippen molar-refractivity contribution in [2.75, 3.05) is 17.2 Å². The first kappa shape index (κ1) is 19.6. The van der Waals surface area contributed by atoms with Crippen molar-refractivity contribution in [3.63, 3.8) is 0 Å². The molecule has 1 fully saturated rings. The number of anilines is 3. The van der Waals surface area contributed by atoms with Gasteiger partial charge in [0, 0.05) is 16.6 Å². The average molecular weight is 390 g/mol. The standard InChI is InChI=1S/C24H31N5/c1-24(2,18-14-12-17(16-25)13-15-18)29-23-27-21-11-7-6-10-20(21)22(28-23)26-19-8-4-3-5-9-19/h3-11,17-18H,12-16,25H2,1-2H3,(H2,26,27,28,29). The number of nitrogens with one attached hydrogen (secondary N) is 2. The van der Waals surface area contributed by atoms with Gasteiger partial charge < -0.3 is 16.4 Å². The van der Waals surface area contributed by atoms with E-state index in [-0.39, 0.29) is 5.54 Å². The van der Waals surface area contributed by atoms with Crippen LogP contribution in [0.25, 0.3) is 10.9 Å². The van der Waals surface area contributed by atoms with Crippen molar-refractivity contribution < 1.29 is 0 Å². The fraction of sp³-hybridized carbons (Fsp3) is 0.417. The zero-order chi connectivity index (χ0) is 20.3. The lowest BCUT2D eigenvalue weighted by atomic mass is 9.73. The van der Waals surface area contributed by atoms with E-state index in [2.05, 4.69) is 30.5 Å². The van der Waals surface area contributed by atoms with E-state index < -0.39 is 0 Å². The molecular weight excluding hydrogens is 358 g/mol. The van der Waals surface area contributed by atoms with Crippen LogP contribution >= 0.6 is 0 Å². The molecule has 1 heterocycles. The Labute approximate surface area is 173 Å². The molecule has 0 unspecified atom stereocenters. The molecule has 0 atom stereocenters. The van der Waals surface area contributed by atoms with Gasteiger partial charge in [-0.05, 0) is 82.2 Å². The molecule has 0 spiro atoms. The first-order valence-electron chi connectivity index (χ1n) is 10.6. The number of aromatic nitrogens is 2. The number of hydrogen-bond donors (Lipinski definition) is 3. The minimum atomic E-state index is -0.0773. The van der Waals surface area contributed by atoms with E-state index in [0.717, 1.165) is 29.0 Å². The van der Waals surface area contributed by atoms with Gasteiger partial charge in [0.15, 0.2) is 0 Å². The second kappa shape index (κ2) is 8.37. The Hall–Kier alpha value is -2.66. The monoisotopic (exact) mass is 389 g/mol. The van der Waals surface area contributed by atoms with E-state index in [4.69, 9.17) is 15.7 Å². The molecule has 0 amide bonds. The molecule has 1 aromatic heterocycles. The van der Waals surface area contributed by atoms with Gasteiger partial charge in [-0.25, -0.2) is 4.98 Å². The van der Waals surface area contributed by atoms with Crippen LogP contribution in [0, 0.1) is 11.8 Å². The molecule has 4 N–H and O–H groups in total. The van der Waals surface area contributed by atoms with Crippen molar-refractivity contribution in [2.45, 2.75) is 45.1 Å². The minimum absolute atomic E-state index is 0.0773. The van der Waals surface area contributed by atoms with Crippen LogP contribution < -0.4 is 16.4 Å². The van der Waals surface area contributed by atoms with Gasteiger partial charge in [0.2, 0.25) is 5.95 Å². The van der Waals surface area contributed by atoms with Crippen molar-refractivity contribution in [1.82, 2.24) is 9.97 Å². The Morgan fingerprint density at radius 3 is 2.34 bits per heavy atom. The summed E-state index contributed by atoms with van der Waals surface area (Å²) in [5, 5.41) is 8.12. The summed E-state index contributed by atoms with van der Waals surface area (Å²) in [5.74, 6) is 2.77. The summed E-state index contributed by atoms with van der Waals surface area (Å²) >= 11 is 0. The Bertz CT molecular complexity index is 946. The summed E-state index contributed by atoms with van der Waals surface area (Å²) in [7, 11) is 0. The van der Waals surface area contributed by atoms with E-state index >= 15 is 0 Å². The first-order chi connectivity index (χ1) is 14.0. The number of para-hydroxylation sites is 2. The van der Waals surface area contributed by atoms with Gasteiger partial charge >= 0.3 is 0 Å². The second-order valence-electron chi connectivity index (χ2n) is 8.70. The van der Waals surface area contributed by atoms with Gasteiger partial charge in [0.25, 0.3) is 0 Å². The van der Waals surface area contributed by atoms with Crippen molar-refractivity contribution in [1.29, 1.82) is 0 Å². The molecule has 1 saturated carbocycles. The topological polar surface area (TPSA) is 75.9 Å². The summed E-state index contributed by atoms with van der Waals surface area (Å²) < 4.78 is 0. The summed E-state index contributed by atoms with van der Waals surface area (Å²) in [6, 6.07) is 18.3. The Morgan fingerprint density at radius 1 is 0.931 bits per heavy atom. The van der Waals surface area contributed by atoms with E-state index in [9.17, 15) is 0 Å². The lowest BCUT2D eigenvalue weighted by molar-refractivity contribution is 0.213. The van der Waals surface area contributed by atoms with Crippen LogP contribution in [-0.4, -0.2) is 22.1 Å². The number of benzene rings is 2. The zero-order valence-electron chi connectivity index (χ0n) is 17.4. The number of nitrogens with two attached hydrogens (primary N) is 1. The first-order valence-corrected chi connectivity index (χ1v) is 10.6. The SMILES string of the molecule is CC(C)(Nc1nc(Nc2ccccc2)c2ccccc2n1)C1CCC(CN)CC1. The van der Waals surface area contributed by atoms with Crippen molar-refractivity contribution in [2.24, 2.45) is 17.6 Å². The van der Waals surface area contributed by atoms with Gasteiger partial charge in [0.05, 0.1) is 5.52 Å². The van der Waals surface area contributed by atoms with Gasteiger partial charge in [-0.2, -0.15) is 4.98 Å². The molecule has 5 heteroatoms. The van der Waals surface area contributed by atoms with Crippen LogP contribution in [0.2, 0.25) is 0 Å². The quantitative estimate of drug-likeness (QED) is 0.531. The maximum Gasteiger partial charge on any atom is 0.225 e. The third-order valence-corrected chi connectivity index (χ3v) is 6.27. The number of rotatable bonds is 6. The Kier molecular flexibility index (Phi) is 5.67. The third kappa shape index (κ3) is 4.51. The molecule has 5 nitrogen and oxygen atoms in total. The molecule has 1 aliphatic rings. The minimum Gasteiger partial charge on any atom is -0.349 e. The average Bonchev–Trinajstić information content (AvgIpc) is 2.74. The predicted molar refractivity (Wildman–Crippen MR) is 121 cm³/mol. The zero-order valence-corrected chi connectivity index (χ0v) is 17.4. The van der Waals surface area contributed by atoms with Crippen LogP contribution in [0.15, 0.2) is 54.6 Å². The summed E-state index contributed by atoms with van der Waals surface area (Å²) in [5.41, 5.74) is 7.75.